The fourth-order valence-corrected chi connectivity index (χ4v) is 2.79. The summed E-state index contributed by atoms with van der Waals surface area (Å²) in [6.07, 6.45) is 0. The lowest BCUT2D eigenvalue weighted by atomic mass is 10.1. The summed E-state index contributed by atoms with van der Waals surface area (Å²) in [5.74, 6) is -0.0875. The number of hydrogen-bond donors (Lipinski definition) is 1. The zero-order chi connectivity index (χ0) is 18.4. The molecule has 0 bridgehead atoms. The molecule has 130 valence electrons. The summed E-state index contributed by atoms with van der Waals surface area (Å²) in [6, 6.07) is 23.1. The van der Waals surface area contributed by atoms with Crippen LogP contribution in [0.4, 0.5) is 5.69 Å². The van der Waals surface area contributed by atoms with Crippen molar-refractivity contribution in [3.05, 3.63) is 94.5 Å². The Balaban J connectivity index is 1.71. The van der Waals surface area contributed by atoms with Crippen molar-refractivity contribution >= 4 is 33.3 Å². The Morgan fingerprint density at radius 2 is 1.62 bits per heavy atom. The second-order valence-corrected chi connectivity index (χ2v) is 6.45. The van der Waals surface area contributed by atoms with Crippen LogP contribution >= 0.6 is 15.9 Å². The Labute approximate surface area is 159 Å². The Kier molecular flexibility index (Phi) is 5.81. The molecular formula is C21H16BrNO3. The molecule has 4 nitrogen and oxygen atoms in total. The van der Waals surface area contributed by atoms with Crippen LogP contribution in [0.1, 0.15) is 20.7 Å². The highest BCUT2D eigenvalue weighted by Gasteiger charge is 2.14. The second kappa shape index (κ2) is 8.45. The van der Waals surface area contributed by atoms with Gasteiger partial charge in [0.25, 0.3) is 5.91 Å². The van der Waals surface area contributed by atoms with Crippen molar-refractivity contribution in [2.24, 2.45) is 0 Å². The molecule has 0 unspecified atom stereocenters. The highest BCUT2D eigenvalue weighted by molar-refractivity contribution is 9.10. The zero-order valence-corrected chi connectivity index (χ0v) is 15.4. The number of rotatable bonds is 6. The quantitative estimate of drug-likeness (QED) is 0.585. The van der Waals surface area contributed by atoms with E-state index >= 15 is 0 Å². The van der Waals surface area contributed by atoms with Gasteiger partial charge in [-0.2, -0.15) is 0 Å². The van der Waals surface area contributed by atoms with Crippen molar-refractivity contribution in [2.45, 2.75) is 0 Å². The predicted molar refractivity (Wildman–Crippen MR) is 105 cm³/mol. The first-order chi connectivity index (χ1) is 12.6. The molecule has 0 saturated heterocycles. The molecular weight excluding hydrogens is 394 g/mol. The molecule has 0 radical (unpaired) electrons. The van der Waals surface area contributed by atoms with E-state index in [-0.39, 0.29) is 18.3 Å². The molecule has 0 fully saturated rings. The average molecular weight is 410 g/mol. The largest absolute Gasteiger partial charge is 0.485 e. The number of carbonyl (C=O) groups is 2. The lowest BCUT2D eigenvalue weighted by molar-refractivity contribution is 0.0914. The van der Waals surface area contributed by atoms with Crippen LogP contribution in [0.3, 0.4) is 0 Å². The van der Waals surface area contributed by atoms with Crippen LogP contribution in [0.5, 0.6) is 5.75 Å². The lowest BCUT2D eigenvalue weighted by Gasteiger charge is -2.11. The summed E-state index contributed by atoms with van der Waals surface area (Å²) >= 11 is 3.34. The Morgan fingerprint density at radius 1 is 0.885 bits per heavy atom. The number of nitrogens with one attached hydrogen (secondary N) is 1. The monoisotopic (exact) mass is 409 g/mol. The fourth-order valence-electron chi connectivity index (χ4n) is 2.39. The van der Waals surface area contributed by atoms with Crippen LogP contribution in [-0.2, 0) is 0 Å². The first-order valence-electron chi connectivity index (χ1n) is 8.00. The first kappa shape index (κ1) is 17.9. The molecule has 0 aliphatic carbocycles. The standard InChI is InChI=1S/C21H16BrNO3/c22-16-8-6-7-15(13-16)19(24)14-26-20-12-5-4-11-18(20)21(25)23-17-9-2-1-3-10-17/h1-13H,14H2,(H,23,25). The van der Waals surface area contributed by atoms with Crippen molar-refractivity contribution in [2.75, 3.05) is 11.9 Å². The third-order valence-corrected chi connectivity index (χ3v) is 4.16. The van der Waals surface area contributed by atoms with Gasteiger partial charge in [0.15, 0.2) is 12.4 Å². The molecule has 0 aromatic heterocycles. The number of ether oxygens (including phenoxy) is 1. The molecule has 3 rings (SSSR count). The highest BCUT2D eigenvalue weighted by Crippen LogP contribution is 2.20. The summed E-state index contributed by atoms with van der Waals surface area (Å²) in [4.78, 5) is 24.8. The first-order valence-corrected chi connectivity index (χ1v) is 8.80. The van der Waals surface area contributed by atoms with E-state index in [1.165, 1.54) is 0 Å². The van der Waals surface area contributed by atoms with Crippen molar-refractivity contribution in [1.82, 2.24) is 0 Å². The Bertz CT molecular complexity index is 925. The molecule has 3 aromatic carbocycles. The Hall–Kier alpha value is -2.92. The SMILES string of the molecule is O=C(COc1ccccc1C(=O)Nc1ccccc1)c1cccc(Br)c1. The number of amides is 1. The maximum atomic E-state index is 12.5. The van der Waals surface area contributed by atoms with Gasteiger partial charge in [0.2, 0.25) is 0 Å². The molecule has 0 aliphatic rings. The van der Waals surface area contributed by atoms with Gasteiger partial charge in [-0.15, -0.1) is 0 Å². The number of benzene rings is 3. The van der Waals surface area contributed by atoms with Crippen LogP contribution < -0.4 is 10.1 Å². The predicted octanol–water partition coefficient (Wildman–Crippen LogP) is 4.96. The molecule has 1 N–H and O–H groups in total. The topological polar surface area (TPSA) is 55.4 Å². The molecule has 0 heterocycles. The van der Waals surface area contributed by atoms with Crippen molar-refractivity contribution < 1.29 is 14.3 Å². The smallest absolute Gasteiger partial charge is 0.259 e. The number of hydrogen-bond acceptors (Lipinski definition) is 3. The molecule has 3 aromatic rings. The van der Waals surface area contributed by atoms with Gasteiger partial charge in [0.1, 0.15) is 5.75 Å². The number of anilines is 1. The molecule has 0 atom stereocenters. The number of para-hydroxylation sites is 2. The molecule has 1 amide bonds. The van der Waals surface area contributed by atoms with E-state index in [0.717, 1.165) is 4.47 Å². The van der Waals surface area contributed by atoms with Crippen LogP contribution in [0.2, 0.25) is 0 Å². The summed E-state index contributed by atoms with van der Waals surface area (Å²) in [5, 5.41) is 2.82. The highest BCUT2D eigenvalue weighted by atomic mass is 79.9. The van der Waals surface area contributed by atoms with E-state index in [0.29, 0.717) is 22.6 Å². The molecule has 5 heteroatoms. The maximum absolute atomic E-state index is 12.5. The minimum absolute atomic E-state index is 0.147. The van der Waals surface area contributed by atoms with Crippen molar-refractivity contribution in [1.29, 1.82) is 0 Å². The molecule has 0 aliphatic heterocycles. The van der Waals surface area contributed by atoms with Gasteiger partial charge in [-0.25, -0.2) is 0 Å². The number of halogens is 1. The Morgan fingerprint density at radius 3 is 2.38 bits per heavy atom. The van der Waals surface area contributed by atoms with Gasteiger partial charge in [-0.3, -0.25) is 9.59 Å². The van der Waals surface area contributed by atoms with Crippen LogP contribution in [0, 0.1) is 0 Å². The van der Waals surface area contributed by atoms with Crippen molar-refractivity contribution in [3.8, 4) is 5.75 Å². The fraction of sp³-hybridized carbons (Fsp3) is 0.0476. The van der Waals surface area contributed by atoms with E-state index < -0.39 is 0 Å². The summed E-state index contributed by atoms with van der Waals surface area (Å²) in [6.45, 7) is -0.147. The van der Waals surface area contributed by atoms with Gasteiger partial charge >= 0.3 is 0 Å². The van der Waals surface area contributed by atoms with E-state index in [4.69, 9.17) is 4.74 Å². The second-order valence-electron chi connectivity index (χ2n) is 5.54. The van der Waals surface area contributed by atoms with E-state index in [2.05, 4.69) is 21.2 Å². The molecule has 0 spiro atoms. The van der Waals surface area contributed by atoms with Gasteiger partial charge in [0.05, 0.1) is 5.56 Å². The maximum Gasteiger partial charge on any atom is 0.259 e. The van der Waals surface area contributed by atoms with Crippen LogP contribution in [0.15, 0.2) is 83.3 Å². The van der Waals surface area contributed by atoms with E-state index in [1.54, 1.807) is 54.6 Å². The van der Waals surface area contributed by atoms with E-state index in [9.17, 15) is 9.59 Å². The summed E-state index contributed by atoms with van der Waals surface area (Å²) < 4.78 is 6.45. The van der Waals surface area contributed by atoms with Crippen LogP contribution in [-0.4, -0.2) is 18.3 Å². The summed E-state index contributed by atoms with van der Waals surface area (Å²) in [5.41, 5.74) is 1.61. The number of ketones is 1. The van der Waals surface area contributed by atoms with Gasteiger partial charge in [-0.05, 0) is 36.4 Å². The minimum Gasteiger partial charge on any atom is -0.485 e. The van der Waals surface area contributed by atoms with Gasteiger partial charge in [-0.1, -0.05) is 58.4 Å². The van der Waals surface area contributed by atoms with E-state index in [1.807, 2.05) is 24.3 Å². The molecule has 26 heavy (non-hydrogen) atoms. The minimum atomic E-state index is -0.290. The van der Waals surface area contributed by atoms with Gasteiger partial charge < -0.3 is 10.1 Å². The normalized spacial score (nSPS) is 10.2. The summed E-state index contributed by atoms with van der Waals surface area (Å²) in [7, 11) is 0. The van der Waals surface area contributed by atoms with Crippen LogP contribution in [0.25, 0.3) is 0 Å². The van der Waals surface area contributed by atoms with Gasteiger partial charge in [0, 0.05) is 15.7 Å². The lowest BCUT2D eigenvalue weighted by Crippen LogP contribution is -2.16. The zero-order valence-electron chi connectivity index (χ0n) is 13.8. The number of Topliss-reactive ketones (excluding diaryl/α,β-unsaturated/α-hetero) is 1. The average Bonchev–Trinajstić information content (AvgIpc) is 2.67. The molecule has 0 saturated carbocycles. The third-order valence-electron chi connectivity index (χ3n) is 3.67. The number of carbonyl (C=O) groups excluding carboxylic acids is 2. The third kappa shape index (κ3) is 4.58. The van der Waals surface area contributed by atoms with Crippen molar-refractivity contribution in [3.63, 3.8) is 0 Å².